The van der Waals surface area contributed by atoms with Crippen LogP contribution in [0.1, 0.15) is 0 Å². The van der Waals surface area contributed by atoms with Crippen LogP contribution in [0.5, 0.6) is 0 Å². The zero-order chi connectivity index (χ0) is 5.11. The van der Waals surface area contributed by atoms with Crippen LogP contribution in [0, 0.1) is 13.5 Å². The molecule has 0 bridgehead atoms. The normalized spacial score (nSPS) is 6.67. The van der Waals surface area contributed by atoms with Crippen molar-refractivity contribution in [3.63, 3.8) is 0 Å². The Balaban J connectivity index is 0. The monoisotopic (exact) mass is 196 g/mol. The molecule has 0 saturated heterocycles. The van der Waals surface area contributed by atoms with Crippen molar-refractivity contribution >= 4 is 5.69 Å². The van der Waals surface area contributed by atoms with E-state index in [2.05, 4.69) is 6.07 Å². The van der Waals surface area contributed by atoms with Crippen LogP contribution in [-0.2, 0) is 32.7 Å². The number of benzene rings is 1. The second-order valence-electron chi connectivity index (χ2n) is 1.33. The predicted octanol–water partition coefficient (Wildman–Crippen LogP) is 1.52. The number of rotatable bonds is 0. The number of anilines is 1. The van der Waals surface area contributed by atoms with Crippen molar-refractivity contribution in [3.05, 3.63) is 37.8 Å². The number of nitrogens with two attached hydrogens (primary N) is 1. The third kappa shape index (κ3) is 4.62. The second kappa shape index (κ2) is 6.25. The van der Waals surface area contributed by atoms with Gasteiger partial charge in [-0.15, -0.1) is 12.1 Å². The van der Waals surface area contributed by atoms with E-state index in [0.29, 0.717) is 0 Å². The van der Waals surface area contributed by atoms with Gasteiger partial charge in [0.05, 0.1) is 0 Å². The van der Waals surface area contributed by atoms with Gasteiger partial charge in [0.2, 0.25) is 0 Å². The Morgan fingerprint density at radius 1 is 1.22 bits per heavy atom. The van der Waals surface area contributed by atoms with E-state index in [1.807, 2.05) is 0 Å². The van der Waals surface area contributed by atoms with E-state index in [4.69, 9.17) is 5.73 Å². The van der Waals surface area contributed by atoms with E-state index < -0.39 is 0 Å². The molecule has 0 aromatic heterocycles. The van der Waals surface area contributed by atoms with Crippen molar-refractivity contribution in [1.82, 2.24) is 0 Å². The average molecular weight is 196 g/mol. The fourth-order valence-electron chi connectivity index (χ4n) is 0.400. The topological polar surface area (TPSA) is 26.0 Å². The maximum atomic E-state index is 5.34. The standard InChI is InChI=1S/C6H6N.CH3.Y/c7-6-4-2-1-3-5-6;;/h2-5H,7H2;1H3;/q2*-1;. The molecule has 1 aromatic carbocycles. The van der Waals surface area contributed by atoms with Crippen LogP contribution in [0.25, 0.3) is 0 Å². The fraction of sp³-hybridized carbons (Fsp3) is 0. The van der Waals surface area contributed by atoms with E-state index in [0.717, 1.165) is 5.69 Å². The van der Waals surface area contributed by atoms with Crippen LogP contribution in [0.15, 0.2) is 24.3 Å². The summed E-state index contributed by atoms with van der Waals surface area (Å²) in [5.74, 6) is 0. The Hall–Kier alpha value is 0.124. The molecule has 0 saturated carbocycles. The molecule has 0 aliphatic rings. The van der Waals surface area contributed by atoms with Crippen LogP contribution >= 0.6 is 0 Å². The van der Waals surface area contributed by atoms with E-state index in [1.165, 1.54) is 0 Å². The first-order valence-corrected chi connectivity index (χ1v) is 2.11. The van der Waals surface area contributed by atoms with Crippen molar-refractivity contribution in [2.45, 2.75) is 0 Å². The first-order chi connectivity index (χ1) is 3.39. The van der Waals surface area contributed by atoms with Crippen molar-refractivity contribution in [1.29, 1.82) is 0 Å². The quantitative estimate of drug-likeness (QED) is 0.494. The van der Waals surface area contributed by atoms with Gasteiger partial charge in [0.25, 0.3) is 0 Å². The summed E-state index contributed by atoms with van der Waals surface area (Å²) in [5, 5.41) is 0. The van der Waals surface area contributed by atoms with Crippen molar-refractivity contribution in [3.8, 4) is 0 Å². The molecule has 0 aliphatic carbocycles. The molecule has 47 valence electrons. The Labute approximate surface area is 81.5 Å². The summed E-state index contributed by atoms with van der Waals surface area (Å²) < 4.78 is 0. The maximum Gasteiger partial charge on any atom is 0 e. The zero-order valence-corrected chi connectivity index (χ0v) is 8.30. The van der Waals surface area contributed by atoms with E-state index in [-0.39, 0.29) is 40.1 Å². The Morgan fingerprint density at radius 2 is 1.67 bits per heavy atom. The molecule has 1 rings (SSSR count). The van der Waals surface area contributed by atoms with Crippen molar-refractivity contribution in [2.75, 3.05) is 5.73 Å². The molecule has 9 heavy (non-hydrogen) atoms. The van der Waals surface area contributed by atoms with Gasteiger partial charge in [0.15, 0.2) is 0 Å². The van der Waals surface area contributed by atoms with Gasteiger partial charge in [0.1, 0.15) is 0 Å². The summed E-state index contributed by atoms with van der Waals surface area (Å²) in [6.07, 6.45) is 0. The molecule has 2 N–H and O–H groups in total. The molecule has 0 unspecified atom stereocenters. The van der Waals surface area contributed by atoms with Crippen LogP contribution in [0.3, 0.4) is 0 Å². The summed E-state index contributed by atoms with van der Waals surface area (Å²) in [4.78, 5) is 0. The molecule has 0 heterocycles. The molecule has 0 aliphatic heterocycles. The Morgan fingerprint density at radius 3 is 1.89 bits per heavy atom. The number of nitrogen functional groups attached to an aromatic ring is 1. The predicted molar refractivity (Wildman–Crippen MR) is 36.1 cm³/mol. The minimum atomic E-state index is 0. The van der Waals surface area contributed by atoms with Crippen LogP contribution in [0.4, 0.5) is 5.69 Å². The van der Waals surface area contributed by atoms with Crippen LogP contribution in [0.2, 0.25) is 0 Å². The minimum absolute atomic E-state index is 0. The van der Waals surface area contributed by atoms with Crippen LogP contribution in [-0.4, -0.2) is 0 Å². The summed E-state index contributed by atoms with van der Waals surface area (Å²) >= 11 is 0. The van der Waals surface area contributed by atoms with Gasteiger partial charge in [-0.25, -0.2) is 0 Å². The van der Waals surface area contributed by atoms with Gasteiger partial charge in [-0.2, -0.15) is 18.2 Å². The Bertz CT molecular complexity index is 139. The molecule has 0 fully saturated rings. The molecule has 2 heteroatoms. The van der Waals surface area contributed by atoms with Gasteiger partial charge in [-0.3, -0.25) is 0 Å². The van der Waals surface area contributed by atoms with E-state index in [1.54, 1.807) is 24.3 Å². The maximum absolute atomic E-state index is 5.34. The first-order valence-electron chi connectivity index (χ1n) is 2.11. The van der Waals surface area contributed by atoms with E-state index in [9.17, 15) is 0 Å². The van der Waals surface area contributed by atoms with Gasteiger partial charge in [-0.1, -0.05) is 5.69 Å². The van der Waals surface area contributed by atoms with Gasteiger partial charge in [0, 0.05) is 32.7 Å². The van der Waals surface area contributed by atoms with Gasteiger partial charge >= 0.3 is 0 Å². The third-order valence-electron chi connectivity index (χ3n) is 0.744. The van der Waals surface area contributed by atoms with Gasteiger partial charge < -0.3 is 13.2 Å². The third-order valence-corrected chi connectivity index (χ3v) is 0.744. The van der Waals surface area contributed by atoms with Crippen LogP contribution < -0.4 is 5.73 Å². The molecular formula is C7H9NY-2. The second-order valence-corrected chi connectivity index (χ2v) is 1.33. The first kappa shape index (κ1) is 11.9. The van der Waals surface area contributed by atoms with Crippen molar-refractivity contribution in [2.24, 2.45) is 0 Å². The molecule has 1 radical (unpaired) electrons. The minimum Gasteiger partial charge on any atom is -0.419 e. The van der Waals surface area contributed by atoms with Crippen molar-refractivity contribution < 1.29 is 32.7 Å². The Kier molecular flexibility index (Phi) is 8.24. The molecule has 1 nitrogen and oxygen atoms in total. The number of hydrogen-bond acceptors (Lipinski definition) is 1. The summed E-state index contributed by atoms with van der Waals surface area (Å²) in [5.41, 5.74) is 6.13. The smallest absolute Gasteiger partial charge is 0 e. The summed E-state index contributed by atoms with van der Waals surface area (Å²) in [6.45, 7) is 0. The molecule has 0 amide bonds. The largest absolute Gasteiger partial charge is 0.419 e. The van der Waals surface area contributed by atoms with E-state index >= 15 is 0 Å². The summed E-state index contributed by atoms with van der Waals surface area (Å²) in [7, 11) is 0. The average Bonchev–Trinajstić information content (AvgIpc) is 1.69. The molecular weight excluding hydrogens is 187 g/mol. The summed E-state index contributed by atoms with van der Waals surface area (Å²) in [6, 6.07) is 10.0. The zero-order valence-electron chi connectivity index (χ0n) is 5.46. The fourth-order valence-corrected chi connectivity index (χ4v) is 0.400. The molecule has 1 aromatic rings. The van der Waals surface area contributed by atoms with Gasteiger partial charge in [-0.05, 0) is 0 Å². The molecule has 0 atom stereocenters. The number of hydrogen-bond donors (Lipinski definition) is 1. The molecule has 0 spiro atoms. The SMILES string of the molecule is Nc1cc[c-]cc1.[CH3-].[Y].